The number of aliphatic carboxylic acids is 2. The Morgan fingerprint density at radius 2 is 1.04 bits per heavy atom. The average molecular weight is 348 g/mol. The zero-order valence-electron chi connectivity index (χ0n) is 13.2. The van der Waals surface area contributed by atoms with Gasteiger partial charge in [0.15, 0.2) is 0 Å². The van der Waals surface area contributed by atoms with Crippen LogP contribution in [0.3, 0.4) is 0 Å². The Kier molecular flexibility index (Phi) is 11.6. The second-order valence-corrected chi connectivity index (χ2v) is 4.34. The summed E-state index contributed by atoms with van der Waals surface area (Å²) in [5.74, 6) is -5.78. The highest BCUT2D eigenvalue weighted by molar-refractivity contribution is 5.93. The predicted molar refractivity (Wildman–Crippen MR) is 78.8 cm³/mol. The number of aliphatic hydroxyl groups excluding tert-OH is 2. The fourth-order valence-corrected chi connectivity index (χ4v) is 0.915. The van der Waals surface area contributed by atoms with Gasteiger partial charge in [0, 0.05) is 11.1 Å². The molecule has 0 bridgehead atoms. The number of carboxylic acids is 2. The monoisotopic (exact) mass is 348 g/mol. The number of carbonyl (C=O) groups is 4. The highest BCUT2D eigenvalue weighted by Gasteiger charge is 2.40. The smallest absolute Gasteiger partial charge is 0.349 e. The molecule has 0 aromatic rings. The minimum absolute atomic E-state index is 0.125. The van der Waals surface area contributed by atoms with Crippen molar-refractivity contribution in [1.82, 2.24) is 0 Å². The van der Waals surface area contributed by atoms with Crippen LogP contribution in [0.1, 0.15) is 13.8 Å². The van der Waals surface area contributed by atoms with E-state index in [0.717, 1.165) is 0 Å². The van der Waals surface area contributed by atoms with Gasteiger partial charge in [-0.15, -0.1) is 0 Å². The molecule has 0 saturated carbocycles. The van der Waals surface area contributed by atoms with Gasteiger partial charge in [-0.2, -0.15) is 0 Å². The summed E-state index contributed by atoms with van der Waals surface area (Å²) in [6.07, 6.45) is -4.39. The second-order valence-electron chi connectivity index (χ2n) is 4.34. The summed E-state index contributed by atoms with van der Waals surface area (Å²) in [6.45, 7) is 8.69. The Morgan fingerprint density at radius 1 is 0.792 bits per heavy atom. The molecule has 2 atom stereocenters. The molecule has 0 radical (unpaired) electrons. The molecule has 2 unspecified atom stereocenters. The molecule has 0 aromatic heterocycles. The number of hydrogen-bond acceptors (Lipinski definition) is 8. The molecule has 10 nitrogen and oxygen atoms in total. The van der Waals surface area contributed by atoms with Crippen molar-refractivity contribution in [2.45, 2.75) is 26.1 Å². The SMILES string of the molecule is C=C(C)C(=O)OC(C(=O)O)C(OC(=O)C(=C)C)C(=O)O.OCCO. The van der Waals surface area contributed by atoms with E-state index in [1.54, 1.807) is 0 Å². The number of rotatable bonds is 8. The standard InChI is InChI=1S/C12H14O8.C2H6O2/c1-5(2)11(17)19-7(9(13)14)8(10(15)16)20-12(18)6(3)4;3-1-2-4/h7-8H,1,3H2,2,4H3,(H,13,14)(H,15,16);3-4H,1-2H2. The summed E-state index contributed by atoms with van der Waals surface area (Å²) in [5, 5.41) is 33.0. The van der Waals surface area contributed by atoms with Crippen LogP contribution in [0.5, 0.6) is 0 Å². The molecule has 0 heterocycles. The van der Waals surface area contributed by atoms with Crippen molar-refractivity contribution in [3.63, 3.8) is 0 Å². The molecule has 0 amide bonds. The van der Waals surface area contributed by atoms with Gasteiger partial charge in [-0.3, -0.25) is 0 Å². The summed E-state index contributed by atoms with van der Waals surface area (Å²) in [4.78, 5) is 44.5. The maximum atomic E-state index is 11.3. The van der Waals surface area contributed by atoms with Crippen molar-refractivity contribution in [2.75, 3.05) is 13.2 Å². The van der Waals surface area contributed by atoms with E-state index in [4.69, 9.17) is 20.4 Å². The largest absolute Gasteiger partial charge is 0.478 e. The lowest BCUT2D eigenvalue weighted by Gasteiger charge is -2.20. The number of aliphatic hydroxyl groups is 2. The van der Waals surface area contributed by atoms with Gasteiger partial charge in [-0.25, -0.2) is 19.2 Å². The fourth-order valence-electron chi connectivity index (χ4n) is 0.915. The Hall–Kier alpha value is -2.72. The summed E-state index contributed by atoms with van der Waals surface area (Å²) in [5.41, 5.74) is -0.266. The zero-order chi connectivity index (χ0) is 19.4. The first kappa shape index (κ1) is 23.5. The minimum Gasteiger partial charge on any atom is -0.478 e. The van der Waals surface area contributed by atoms with E-state index in [1.807, 2.05) is 0 Å². The van der Waals surface area contributed by atoms with Crippen LogP contribution in [0.4, 0.5) is 0 Å². The van der Waals surface area contributed by atoms with Crippen molar-refractivity contribution in [3.8, 4) is 0 Å². The summed E-state index contributed by atoms with van der Waals surface area (Å²) in [6, 6.07) is 0. The highest BCUT2D eigenvalue weighted by Crippen LogP contribution is 2.10. The van der Waals surface area contributed by atoms with Crippen LogP contribution in [-0.2, 0) is 28.7 Å². The highest BCUT2D eigenvalue weighted by atomic mass is 16.6. The van der Waals surface area contributed by atoms with E-state index >= 15 is 0 Å². The maximum Gasteiger partial charge on any atom is 0.349 e. The van der Waals surface area contributed by atoms with Crippen LogP contribution in [0, 0.1) is 0 Å². The topological polar surface area (TPSA) is 168 Å². The Labute approximate surface area is 137 Å². The third kappa shape index (κ3) is 9.33. The zero-order valence-corrected chi connectivity index (χ0v) is 13.2. The van der Waals surface area contributed by atoms with Gasteiger partial charge >= 0.3 is 23.9 Å². The van der Waals surface area contributed by atoms with Crippen LogP contribution in [0.2, 0.25) is 0 Å². The molecular formula is C14H20O10. The molecule has 136 valence electrons. The normalized spacial score (nSPS) is 11.8. The Morgan fingerprint density at radius 3 is 1.17 bits per heavy atom. The number of ether oxygens (including phenoxy) is 2. The Bertz CT molecular complexity index is 462. The van der Waals surface area contributed by atoms with Crippen LogP contribution >= 0.6 is 0 Å². The predicted octanol–water partition coefficient (Wildman–Crippen LogP) is -0.898. The molecule has 0 aliphatic heterocycles. The van der Waals surface area contributed by atoms with E-state index in [9.17, 15) is 19.2 Å². The molecule has 10 heteroatoms. The number of hydrogen-bond donors (Lipinski definition) is 4. The molecule has 0 aromatic carbocycles. The molecule has 0 aliphatic rings. The van der Waals surface area contributed by atoms with Crippen molar-refractivity contribution >= 4 is 23.9 Å². The average Bonchev–Trinajstić information content (AvgIpc) is 2.49. The first-order valence-electron chi connectivity index (χ1n) is 6.39. The van der Waals surface area contributed by atoms with Gasteiger partial charge in [0.05, 0.1) is 13.2 Å². The van der Waals surface area contributed by atoms with Crippen molar-refractivity contribution in [2.24, 2.45) is 0 Å². The first-order chi connectivity index (χ1) is 11.0. The van der Waals surface area contributed by atoms with Gasteiger partial charge in [0.25, 0.3) is 0 Å². The van der Waals surface area contributed by atoms with Crippen LogP contribution < -0.4 is 0 Å². The van der Waals surface area contributed by atoms with Crippen molar-refractivity contribution in [1.29, 1.82) is 0 Å². The van der Waals surface area contributed by atoms with E-state index in [1.165, 1.54) is 13.8 Å². The van der Waals surface area contributed by atoms with E-state index in [-0.39, 0.29) is 24.4 Å². The van der Waals surface area contributed by atoms with E-state index in [0.29, 0.717) is 0 Å². The number of carboxylic acid groups (broad SMARTS) is 2. The lowest BCUT2D eigenvalue weighted by molar-refractivity contribution is -0.184. The third-order valence-electron chi connectivity index (χ3n) is 2.03. The van der Waals surface area contributed by atoms with E-state index < -0.39 is 36.1 Å². The van der Waals surface area contributed by atoms with Crippen LogP contribution in [0.25, 0.3) is 0 Å². The van der Waals surface area contributed by atoms with Crippen molar-refractivity contribution in [3.05, 3.63) is 24.3 Å². The second kappa shape index (κ2) is 11.8. The first-order valence-corrected chi connectivity index (χ1v) is 6.39. The van der Waals surface area contributed by atoms with Gasteiger partial charge < -0.3 is 29.9 Å². The lowest BCUT2D eigenvalue weighted by atomic mass is 10.2. The van der Waals surface area contributed by atoms with Gasteiger partial charge in [0.1, 0.15) is 0 Å². The van der Waals surface area contributed by atoms with Crippen LogP contribution in [-0.4, -0.2) is 69.7 Å². The molecule has 24 heavy (non-hydrogen) atoms. The van der Waals surface area contributed by atoms with Crippen molar-refractivity contribution < 1.29 is 49.1 Å². The summed E-state index contributed by atoms with van der Waals surface area (Å²) in [7, 11) is 0. The van der Waals surface area contributed by atoms with Crippen LogP contribution in [0.15, 0.2) is 24.3 Å². The molecule has 0 saturated heterocycles. The van der Waals surface area contributed by atoms with Gasteiger partial charge in [0.2, 0.25) is 12.2 Å². The summed E-state index contributed by atoms with van der Waals surface area (Å²) >= 11 is 0. The molecule has 0 aliphatic carbocycles. The summed E-state index contributed by atoms with van der Waals surface area (Å²) < 4.78 is 8.90. The van der Waals surface area contributed by atoms with E-state index in [2.05, 4.69) is 22.6 Å². The molecule has 0 rings (SSSR count). The third-order valence-corrected chi connectivity index (χ3v) is 2.03. The maximum absolute atomic E-state index is 11.3. The molecule has 0 spiro atoms. The Balaban J connectivity index is 0. The van der Waals surface area contributed by atoms with Gasteiger partial charge in [-0.05, 0) is 13.8 Å². The lowest BCUT2D eigenvalue weighted by Crippen LogP contribution is -2.46. The quantitative estimate of drug-likeness (QED) is 0.319. The number of esters is 2. The minimum atomic E-state index is -2.19. The van der Waals surface area contributed by atoms with Gasteiger partial charge in [-0.1, -0.05) is 13.2 Å². The number of carbonyl (C=O) groups excluding carboxylic acids is 2. The molecule has 0 fully saturated rings. The molecular weight excluding hydrogens is 328 g/mol. The molecule has 4 N–H and O–H groups in total. The fraction of sp³-hybridized carbons (Fsp3) is 0.429.